The molecule has 8 heteroatoms. The number of rotatable bonds is 1. The molecular formula is C33H42N4O3S. The van der Waals surface area contributed by atoms with Gasteiger partial charge in [0, 0.05) is 53.6 Å². The van der Waals surface area contributed by atoms with Gasteiger partial charge in [-0.05, 0) is 81.4 Å². The molecule has 2 aliphatic carbocycles. The lowest BCUT2D eigenvalue weighted by atomic mass is 9.81. The topological polar surface area (TPSA) is 74.6 Å². The van der Waals surface area contributed by atoms with E-state index in [1.54, 1.807) is 0 Å². The van der Waals surface area contributed by atoms with E-state index < -0.39 is 15.9 Å². The molecule has 4 aliphatic rings. The van der Waals surface area contributed by atoms with E-state index in [0.717, 1.165) is 31.7 Å². The van der Waals surface area contributed by atoms with Crippen LogP contribution in [0.3, 0.4) is 0 Å². The molecule has 7 nitrogen and oxygen atoms in total. The second-order valence-electron chi connectivity index (χ2n) is 13.3. The molecule has 3 aromatic rings. The van der Waals surface area contributed by atoms with Gasteiger partial charge in [0.05, 0.1) is 11.4 Å². The second kappa shape index (κ2) is 10.2. The van der Waals surface area contributed by atoms with Gasteiger partial charge in [-0.3, -0.25) is 4.79 Å². The molecule has 2 aliphatic heterocycles. The Bertz CT molecular complexity index is 1610. The highest BCUT2D eigenvalue weighted by Gasteiger charge is 2.57. The van der Waals surface area contributed by atoms with E-state index in [-0.39, 0.29) is 11.2 Å². The minimum atomic E-state index is -3.72. The van der Waals surface area contributed by atoms with Crippen LogP contribution in [0.1, 0.15) is 78.3 Å². The Kier molecular flexibility index (Phi) is 6.79. The van der Waals surface area contributed by atoms with Crippen LogP contribution >= 0.6 is 0 Å². The molecule has 0 saturated heterocycles. The number of carbonyl (C=O) groups is 1. The molecule has 1 aromatic heterocycles. The number of nitrogens with one attached hydrogen (secondary N) is 1. The fourth-order valence-electron chi connectivity index (χ4n) is 8.14. The van der Waals surface area contributed by atoms with Crippen LogP contribution in [0.15, 0.2) is 42.5 Å². The number of aromatic nitrogens is 1. The van der Waals surface area contributed by atoms with E-state index >= 15 is 0 Å². The maximum Gasteiger partial charge on any atom is 0.264 e. The summed E-state index contributed by atoms with van der Waals surface area (Å²) >= 11 is 0. The van der Waals surface area contributed by atoms with Gasteiger partial charge in [0.1, 0.15) is 0 Å². The van der Waals surface area contributed by atoms with E-state index in [2.05, 4.69) is 56.5 Å². The molecule has 3 heterocycles. The lowest BCUT2D eigenvalue weighted by Gasteiger charge is -2.27. The minimum Gasteiger partial charge on any atom is -0.340 e. The average Bonchev–Trinajstić information content (AvgIpc) is 3.58. The van der Waals surface area contributed by atoms with Crippen LogP contribution in [0.25, 0.3) is 22.2 Å². The summed E-state index contributed by atoms with van der Waals surface area (Å²) in [4.78, 5) is 18.0. The number of amides is 1. The van der Waals surface area contributed by atoms with E-state index in [9.17, 15) is 13.2 Å². The SMILES string of the molecule is CN1CCCS(=O)(=O)NC(=O)c2ccc3c(C4CCCCC4)c4n(c3c2)CC2(CC2c2ccccc2-4)CN(C)CC1. The molecule has 0 radical (unpaired) electrons. The molecule has 2 aromatic carbocycles. The Morgan fingerprint density at radius 2 is 1.68 bits per heavy atom. The molecule has 2 atom stereocenters. The number of sulfonamides is 1. The largest absolute Gasteiger partial charge is 0.340 e. The average molecular weight is 575 g/mol. The normalized spacial score (nSPS) is 27.7. The quantitative estimate of drug-likeness (QED) is 0.434. The van der Waals surface area contributed by atoms with Crippen LogP contribution < -0.4 is 4.72 Å². The van der Waals surface area contributed by atoms with Crippen molar-refractivity contribution in [3.8, 4) is 11.3 Å². The number of likely N-dealkylation sites (N-methyl/N-ethyl adjacent to an activating group) is 2. The summed E-state index contributed by atoms with van der Waals surface area (Å²) < 4.78 is 30.6. The van der Waals surface area contributed by atoms with Crippen LogP contribution in [0.4, 0.5) is 0 Å². The van der Waals surface area contributed by atoms with Gasteiger partial charge in [-0.25, -0.2) is 13.1 Å². The summed E-state index contributed by atoms with van der Waals surface area (Å²) in [5.41, 5.74) is 7.20. The Morgan fingerprint density at radius 3 is 2.51 bits per heavy atom. The first-order chi connectivity index (χ1) is 19.7. The van der Waals surface area contributed by atoms with Gasteiger partial charge in [-0.1, -0.05) is 49.6 Å². The van der Waals surface area contributed by atoms with Gasteiger partial charge in [0.25, 0.3) is 5.91 Å². The molecule has 1 N–H and O–H groups in total. The third kappa shape index (κ3) is 4.92. The maximum absolute atomic E-state index is 13.3. The molecule has 2 fully saturated rings. The van der Waals surface area contributed by atoms with Crippen molar-refractivity contribution in [2.24, 2.45) is 5.41 Å². The van der Waals surface area contributed by atoms with E-state index in [1.807, 2.05) is 19.2 Å². The van der Waals surface area contributed by atoms with Crippen molar-refractivity contribution in [3.05, 3.63) is 59.2 Å². The van der Waals surface area contributed by atoms with E-state index in [0.29, 0.717) is 30.4 Å². The summed E-state index contributed by atoms with van der Waals surface area (Å²) in [6.07, 6.45) is 7.85. The van der Waals surface area contributed by atoms with Gasteiger partial charge in [0.15, 0.2) is 0 Å². The number of hydrogen-bond donors (Lipinski definition) is 1. The summed E-state index contributed by atoms with van der Waals surface area (Å²) in [6.45, 7) is 4.42. The highest BCUT2D eigenvalue weighted by Crippen LogP contribution is 2.65. The van der Waals surface area contributed by atoms with Gasteiger partial charge >= 0.3 is 0 Å². The van der Waals surface area contributed by atoms with Crippen molar-refractivity contribution in [1.82, 2.24) is 19.1 Å². The fourth-order valence-corrected chi connectivity index (χ4v) is 9.15. The highest BCUT2D eigenvalue weighted by molar-refractivity contribution is 7.90. The number of fused-ring (bicyclic) bond motifs is 4. The predicted molar refractivity (Wildman–Crippen MR) is 164 cm³/mol. The summed E-state index contributed by atoms with van der Waals surface area (Å²) in [5, 5.41) is 1.23. The lowest BCUT2D eigenvalue weighted by molar-refractivity contribution is 0.0981. The van der Waals surface area contributed by atoms with Gasteiger partial charge in [-0.15, -0.1) is 0 Å². The number of nitrogens with zero attached hydrogens (tertiary/aromatic N) is 3. The number of carbonyl (C=O) groups excluding carboxylic acids is 1. The van der Waals surface area contributed by atoms with Gasteiger partial charge in [0.2, 0.25) is 10.0 Å². The molecule has 1 amide bonds. The van der Waals surface area contributed by atoms with Crippen molar-refractivity contribution in [2.45, 2.75) is 63.3 Å². The molecule has 4 bridgehead atoms. The van der Waals surface area contributed by atoms with E-state index in [4.69, 9.17) is 0 Å². The first-order valence-electron chi connectivity index (χ1n) is 15.4. The zero-order valence-corrected chi connectivity index (χ0v) is 25.2. The van der Waals surface area contributed by atoms with Crippen molar-refractivity contribution >= 4 is 26.8 Å². The van der Waals surface area contributed by atoms with Crippen molar-refractivity contribution in [3.63, 3.8) is 0 Å². The fraction of sp³-hybridized carbons (Fsp3) is 0.545. The van der Waals surface area contributed by atoms with Crippen LogP contribution in [-0.4, -0.2) is 74.7 Å². The highest BCUT2D eigenvalue weighted by atomic mass is 32.2. The van der Waals surface area contributed by atoms with Crippen molar-refractivity contribution in [1.29, 1.82) is 0 Å². The van der Waals surface area contributed by atoms with Crippen LogP contribution in [0.2, 0.25) is 0 Å². The molecule has 7 rings (SSSR count). The summed E-state index contributed by atoms with van der Waals surface area (Å²) in [5.74, 6) is 0.422. The third-order valence-corrected chi connectivity index (χ3v) is 11.6. The number of hydrogen-bond acceptors (Lipinski definition) is 5. The zero-order chi connectivity index (χ0) is 28.4. The molecule has 218 valence electrons. The zero-order valence-electron chi connectivity index (χ0n) is 24.4. The van der Waals surface area contributed by atoms with Crippen molar-refractivity contribution < 1.29 is 13.2 Å². The Hall–Kier alpha value is -2.68. The summed E-state index contributed by atoms with van der Waals surface area (Å²) in [7, 11) is 0.560. The molecule has 41 heavy (non-hydrogen) atoms. The maximum atomic E-state index is 13.3. The third-order valence-electron chi connectivity index (χ3n) is 10.3. The van der Waals surface area contributed by atoms with Gasteiger partial charge < -0.3 is 14.4 Å². The van der Waals surface area contributed by atoms with Crippen LogP contribution in [0.5, 0.6) is 0 Å². The Labute approximate surface area is 243 Å². The second-order valence-corrected chi connectivity index (χ2v) is 15.1. The number of benzene rings is 2. The Morgan fingerprint density at radius 1 is 0.902 bits per heavy atom. The van der Waals surface area contributed by atoms with Gasteiger partial charge in [-0.2, -0.15) is 0 Å². The Balaban J connectivity index is 1.43. The smallest absolute Gasteiger partial charge is 0.264 e. The molecular weight excluding hydrogens is 532 g/mol. The molecule has 2 unspecified atom stereocenters. The lowest BCUT2D eigenvalue weighted by Crippen LogP contribution is -2.37. The molecule has 1 spiro atoms. The summed E-state index contributed by atoms with van der Waals surface area (Å²) in [6, 6.07) is 14.9. The van der Waals surface area contributed by atoms with E-state index in [1.165, 1.54) is 66.3 Å². The standard InChI is InChI=1S/C33H42N4O3S/c1-35-15-8-18-41(39,40)34-32(38)24-13-14-27-29(19-24)37-22-33(21-36(2)17-16-35)20-28(33)25-11-6-7-12-26(25)31(37)30(27)23-9-4-3-5-10-23/h6-7,11-14,19,23,28H,3-5,8-10,15-18,20-22H2,1-2H3,(H,34,38). The first kappa shape index (κ1) is 27.2. The predicted octanol–water partition coefficient (Wildman–Crippen LogP) is 5.17. The van der Waals surface area contributed by atoms with Crippen LogP contribution in [-0.2, 0) is 16.6 Å². The first-order valence-corrected chi connectivity index (χ1v) is 17.1. The molecule has 2 saturated carbocycles. The van der Waals surface area contributed by atoms with Crippen molar-refractivity contribution in [2.75, 3.05) is 46.0 Å². The monoisotopic (exact) mass is 574 g/mol. The minimum absolute atomic E-state index is 0.0604. The van der Waals surface area contributed by atoms with Crippen LogP contribution in [0, 0.1) is 5.41 Å².